The average molecular weight is 323 g/mol. The molecule has 1 heterocycles. The maximum Gasteiger partial charge on any atom is 0.244 e. The Morgan fingerprint density at radius 3 is 2.83 bits per heavy atom. The van der Waals surface area contributed by atoms with Crippen molar-refractivity contribution in [3.63, 3.8) is 0 Å². The average Bonchev–Trinajstić information content (AvgIpc) is 2.99. The summed E-state index contributed by atoms with van der Waals surface area (Å²) in [5, 5.41) is 13.7. The molecule has 0 radical (unpaired) electrons. The standard InChI is InChI=1S/C16H22FN3O3/c1-10-7-12(5-6-14(10)17)15-18-16(23-19-15)11(2)20(3)8-13(21)9-22-4/h5-7,11,13,21H,8-9H2,1-4H3. The highest BCUT2D eigenvalue weighted by Gasteiger charge is 2.21. The third-order valence-electron chi connectivity index (χ3n) is 3.73. The minimum Gasteiger partial charge on any atom is -0.389 e. The second-order valence-corrected chi connectivity index (χ2v) is 5.64. The van der Waals surface area contributed by atoms with Crippen LogP contribution in [0.2, 0.25) is 0 Å². The van der Waals surface area contributed by atoms with Crippen LogP contribution in [0.15, 0.2) is 22.7 Å². The van der Waals surface area contributed by atoms with E-state index in [0.29, 0.717) is 29.4 Å². The van der Waals surface area contributed by atoms with Gasteiger partial charge in [0.2, 0.25) is 11.7 Å². The Labute approximate surface area is 134 Å². The Kier molecular flexibility index (Phi) is 5.81. The zero-order valence-electron chi connectivity index (χ0n) is 13.8. The number of benzene rings is 1. The summed E-state index contributed by atoms with van der Waals surface area (Å²) in [7, 11) is 3.40. The number of aliphatic hydroxyl groups excluding tert-OH is 1. The Hall–Kier alpha value is -1.83. The van der Waals surface area contributed by atoms with Gasteiger partial charge in [0.15, 0.2) is 0 Å². The first-order chi connectivity index (χ1) is 10.9. The highest BCUT2D eigenvalue weighted by molar-refractivity contribution is 5.55. The van der Waals surface area contributed by atoms with Crippen molar-refractivity contribution in [2.45, 2.75) is 26.0 Å². The molecule has 0 saturated heterocycles. The fourth-order valence-electron chi connectivity index (χ4n) is 2.23. The lowest BCUT2D eigenvalue weighted by atomic mass is 10.1. The number of halogens is 1. The number of ether oxygens (including phenoxy) is 1. The lowest BCUT2D eigenvalue weighted by Gasteiger charge is -2.23. The van der Waals surface area contributed by atoms with Gasteiger partial charge < -0.3 is 14.4 Å². The minimum absolute atomic E-state index is 0.163. The number of aryl methyl sites for hydroxylation is 1. The van der Waals surface area contributed by atoms with E-state index in [0.717, 1.165) is 0 Å². The lowest BCUT2D eigenvalue weighted by molar-refractivity contribution is 0.0325. The summed E-state index contributed by atoms with van der Waals surface area (Å²) in [5.74, 6) is 0.590. The van der Waals surface area contributed by atoms with Gasteiger partial charge in [-0.15, -0.1) is 0 Å². The summed E-state index contributed by atoms with van der Waals surface area (Å²) in [6.45, 7) is 4.28. The van der Waals surface area contributed by atoms with E-state index in [4.69, 9.17) is 9.26 Å². The number of aliphatic hydroxyl groups is 1. The van der Waals surface area contributed by atoms with Gasteiger partial charge in [0.1, 0.15) is 5.82 Å². The largest absolute Gasteiger partial charge is 0.389 e. The van der Waals surface area contributed by atoms with Crippen molar-refractivity contribution in [2.75, 3.05) is 27.3 Å². The van der Waals surface area contributed by atoms with Crippen molar-refractivity contribution in [3.05, 3.63) is 35.5 Å². The fraction of sp³-hybridized carbons (Fsp3) is 0.500. The van der Waals surface area contributed by atoms with Gasteiger partial charge >= 0.3 is 0 Å². The summed E-state index contributed by atoms with van der Waals surface area (Å²) in [6.07, 6.45) is -0.588. The Bertz CT molecular complexity index is 647. The molecule has 2 aromatic rings. The topological polar surface area (TPSA) is 71.6 Å². The van der Waals surface area contributed by atoms with Gasteiger partial charge in [-0.05, 0) is 44.7 Å². The number of hydrogen-bond donors (Lipinski definition) is 1. The van der Waals surface area contributed by atoms with Crippen LogP contribution in [0.5, 0.6) is 0 Å². The fourth-order valence-corrected chi connectivity index (χ4v) is 2.23. The van der Waals surface area contributed by atoms with Gasteiger partial charge in [0.05, 0.1) is 18.8 Å². The lowest BCUT2D eigenvalue weighted by Crippen LogP contribution is -2.33. The van der Waals surface area contributed by atoms with E-state index < -0.39 is 6.10 Å². The highest BCUT2D eigenvalue weighted by atomic mass is 19.1. The quantitative estimate of drug-likeness (QED) is 0.842. The molecule has 1 aromatic heterocycles. The van der Waals surface area contributed by atoms with Crippen LogP contribution in [0.1, 0.15) is 24.4 Å². The molecule has 0 amide bonds. The summed E-state index contributed by atoms with van der Waals surface area (Å²) in [5.41, 5.74) is 1.23. The second-order valence-electron chi connectivity index (χ2n) is 5.64. The molecule has 7 heteroatoms. The monoisotopic (exact) mass is 323 g/mol. The molecule has 0 saturated carbocycles. The minimum atomic E-state index is -0.588. The van der Waals surface area contributed by atoms with Crippen molar-refractivity contribution >= 4 is 0 Å². The predicted molar refractivity (Wildman–Crippen MR) is 83.4 cm³/mol. The molecule has 2 rings (SSSR count). The molecule has 1 aromatic carbocycles. The van der Waals surface area contributed by atoms with E-state index in [2.05, 4.69) is 10.1 Å². The number of rotatable bonds is 7. The number of aromatic nitrogens is 2. The normalized spacial score (nSPS) is 14.2. The molecule has 0 aliphatic carbocycles. The summed E-state index contributed by atoms with van der Waals surface area (Å²) in [6, 6.07) is 4.52. The Balaban J connectivity index is 2.10. The Morgan fingerprint density at radius 2 is 2.17 bits per heavy atom. The SMILES string of the molecule is COCC(O)CN(C)C(C)c1nc(-c2ccc(F)c(C)c2)no1. The molecule has 0 bridgehead atoms. The number of hydrogen-bond acceptors (Lipinski definition) is 6. The van der Waals surface area contributed by atoms with Crippen molar-refractivity contribution in [2.24, 2.45) is 0 Å². The molecular formula is C16H22FN3O3. The molecule has 23 heavy (non-hydrogen) atoms. The van der Waals surface area contributed by atoms with Crippen LogP contribution in [-0.2, 0) is 4.74 Å². The summed E-state index contributed by atoms with van der Waals surface area (Å²) < 4.78 is 23.6. The van der Waals surface area contributed by atoms with Crippen LogP contribution in [0.4, 0.5) is 4.39 Å². The maximum absolute atomic E-state index is 13.3. The first-order valence-electron chi connectivity index (χ1n) is 7.39. The van der Waals surface area contributed by atoms with Crippen molar-refractivity contribution in [3.8, 4) is 11.4 Å². The van der Waals surface area contributed by atoms with Crippen LogP contribution in [0.25, 0.3) is 11.4 Å². The Morgan fingerprint density at radius 1 is 1.43 bits per heavy atom. The van der Waals surface area contributed by atoms with Gasteiger partial charge in [-0.2, -0.15) is 4.98 Å². The molecular weight excluding hydrogens is 301 g/mol. The third kappa shape index (κ3) is 4.34. The number of likely N-dealkylation sites (N-methyl/N-ethyl adjacent to an activating group) is 1. The van der Waals surface area contributed by atoms with Crippen LogP contribution >= 0.6 is 0 Å². The van der Waals surface area contributed by atoms with E-state index in [1.54, 1.807) is 26.2 Å². The first-order valence-corrected chi connectivity index (χ1v) is 7.39. The molecule has 2 atom stereocenters. The van der Waals surface area contributed by atoms with E-state index in [1.807, 2.05) is 18.9 Å². The zero-order chi connectivity index (χ0) is 17.0. The number of methoxy groups -OCH3 is 1. The highest BCUT2D eigenvalue weighted by Crippen LogP contribution is 2.23. The van der Waals surface area contributed by atoms with Crippen LogP contribution < -0.4 is 0 Å². The maximum atomic E-state index is 13.3. The van der Waals surface area contributed by atoms with Gasteiger partial charge in [-0.25, -0.2) is 4.39 Å². The zero-order valence-corrected chi connectivity index (χ0v) is 13.8. The molecule has 6 nitrogen and oxygen atoms in total. The van der Waals surface area contributed by atoms with Crippen LogP contribution in [0, 0.1) is 12.7 Å². The van der Waals surface area contributed by atoms with Crippen LogP contribution in [0.3, 0.4) is 0 Å². The second kappa shape index (κ2) is 7.63. The van der Waals surface area contributed by atoms with E-state index in [-0.39, 0.29) is 18.5 Å². The number of nitrogens with zero attached hydrogens (tertiary/aromatic N) is 3. The molecule has 0 aliphatic heterocycles. The first kappa shape index (κ1) is 17.5. The molecule has 126 valence electrons. The van der Waals surface area contributed by atoms with Crippen molar-refractivity contribution in [1.29, 1.82) is 0 Å². The van der Waals surface area contributed by atoms with Gasteiger partial charge in [-0.3, -0.25) is 4.90 Å². The summed E-state index contributed by atoms with van der Waals surface area (Å²) in [4.78, 5) is 6.27. The van der Waals surface area contributed by atoms with Gasteiger partial charge in [0.25, 0.3) is 0 Å². The van der Waals surface area contributed by atoms with Gasteiger partial charge in [-0.1, -0.05) is 5.16 Å². The molecule has 2 unspecified atom stereocenters. The van der Waals surface area contributed by atoms with Crippen molar-refractivity contribution in [1.82, 2.24) is 15.0 Å². The smallest absolute Gasteiger partial charge is 0.244 e. The van der Waals surface area contributed by atoms with E-state index >= 15 is 0 Å². The third-order valence-corrected chi connectivity index (χ3v) is 3.73. The van der Waals surface area contributed by atoms with Crippen molar-refractivity contribution < 1.29 is 18.8 Å². The predicted octanol–water partition coefficient (Wildman–Crippen LogP) is 2.18. The van der Waals surface area contributed by atoms with Crippen LogP contribution in [-0.4, -0.2) is 53.6 Å². The molecule has 1 N–H and O–H groups in total. The molecule has 0 aliphatic rings. The van der Waals surface area contributed by atoms with Gasteiger partial charge in [0, 0.05) is 19.2 Å². The molecule has 0 spiro atoms. The summed E-state index contributed by atoms with van der Waals surface area (Å²) >= 11 is 0. The van der Waals surface area contributed by atoms with E-state index in [9.17, 15) is 9.50 Å². The molecule has 0 fully saturated rings. The van der Waals surface area contributed by atoms with E-state index in [1.165, 1.54) is 6.07 Å².